The Hall–Kier alpha value is -1.90. The second kappa shape index (κ2) is 5.61. The smallest absolute Gasteiger partial charge is 0.0851 e. The summed E-state index contributed by atoms with van der Waals surface area (Å²) in [6, 6.07) is 17.3. The van der Waals surface area contributed by atoms with Crippen LogP contribution in [0.5, 0.6) is 0 Å². The van der Waals surface area contributed by atoms with Crippen LogP contribution in [0.2, 0.25) is 5.02 Å². The first-order valence-electron chi connectivity index (χ1n) is 6.51. The number of hydrogen-bond acceptors (Lipinski definition) is 2. The number of aromatic nitrogens is 1. The summed E-state index contributed by atoms with van der Waals surface area (Å²) in [5.74, 6) is 0. The van der Waals surface area contributed by atoms with E-state index in [0.29, 0.717) is 11.4 Å². The molecule has 1 unspecified atom stereocenters. The van der Waals surface area contributed by atoms with Crippen molar-refractivity contribution in [3.8, 4) is 0 Å². The Morgan fingerprint density at radius 3 is 2.65 bits per heavy atom. The molecule has 0 amide bonds. The number of hydrogen-bond donors (Lipinski definition) is 1. The maximum absolute atomic E-state index is 10.5. The number of aliphatic hydroxyl groups excluding tert-OH is 1. The molecule has 0 fully saturated rings. The zero-order valence-electron chi connectivity index (χ0n) is 10.8. The van der Waals surface area contributed by atoms with E-state index in [1.165, 1.54) is 0 Å². The third-order valence-electron chi connectivity index (χ3n) is 3.39. The van der Waals surface area contributed by atoms with Gasteiger partial charge in [-0.05, 0) is 17.7 Å². The quantitative estimate of drug-likeness (QED) is 0.783. The number of benzene rings is 2. The normalized spacial score (nSPS) is 12.5. The maximum atomic E-state index is 10.5. The second-order valence-corrected chi connectivity index (χ2v) is 5.14. The van der Waals surface area contributed by atoms with Crippen molar-refractivity contribution in [3.05, 3.63) is 76.9 Å². The number of aliphatic hydroxyl groups is 1. The largest absolute Gasteiger partial charge is 0.388 e. The second-order valence-electron chi connectivity index (χ2n) is 4.73. The van der Waals surface area contributed by atoms with Crippen molar-refractivity contribution < 1.29 is 5.11 Å². The summed E-state index contributed by atoms with van der Waals surface area (Å²) >= 11 is 6.15. The molecule has 20 heavy (non-hydrogen) atoms. The molecule has 1 heterocycles. The number of rotatable bonds is 3. The van der Waals surface area contributed by atoms with Gasteiger partial charge in [0.1, 0.15) is 0 Å². The van der Waals surface area contributed by atoms with Crippen molar-refractivity contribution in [1.29, 1.82) is 0 Å². The molecule has 100 valence electrons. The lowest BCUT2D eigenvalue weighted by atomic mass is 9.99. The van der Waals surface area contributed by atoms with Crippen molar-refractivity contribution in [2.75, 3.05) is 0 Å². The minimum atomic E-state index is -0.617. The molecule has 1 N–H and O–H groups in total. The number of pyridine rings is 1. The number of nitrogens with zero attached hydrogens (tertiary/aromatic N) is 1. The van der Waals surface area contributed by atoms with E-state index in [9.17, 15) is 5.11 Å². The molecule has 2 nitrogen and oxygen atoms in total. The molecule has 1 aromatic heterocycles. The van der Waals surface area contributed by atoms with Gasteiger partial charge in [0.05, 0.1) is 11.6 Å². The van der Waals surface area contributed by atoms with Crippen LogP contribution in [0.4, 0.5) is 0 Å². The molecule has 0 radical (unpaired) electrons. The number of fused-ring (bicyclic) bond motifs is 1. The van der Waals surface area contributed by atoms with Gasteiger partial charge in [-0.25, -0.2) is 0 Å². The molecule has 2 aromatic carbocycles. The van der Waals surface area contributed by atoms with Gasteiger partial charge in [0, 0.05) is 28.6 Å². The summed E-state index contributed by atoms with van der Waals surface area (Å²) in [4.78, 5) is 4.37. The summed E-state index contributed by atoms with van der Waals surface area (Å²) < 4.78 is 0. The van der Waals surface area contributed by atoms with Gasteiger partial charge in [0.2, 0.25) is 0 Å². The number of halogens is 1. The van der Waals surface area contributed by atoms with E-state index in [1.807, 2.05) is 54.6 Å². The fourth-order valence-corrected chi connectivity index (χ4v) is 2.59. The highest BCUT2D eigenvalue weighted by atomic mass is 35.5. The Morgan fingerprint density at radius 1 is 1.00 bits per heavy atom. The van der Waals surface area contributed by atoms with Crippen LogP contribution in [0.3, 0.4) is 0 Å². The van der Waals surface area contributed by atoms with E-state index in [0.717, 1.165) is 22.0 Å². The summed E-state index contributed by atoms with van der Waals surface area (Å²) in [5.41, 5.74) is 2.62. The summed E-state index contributed by atoms with van der Waals surface area (Å²) in [6.07, 6.45) is 1.61. The average Bonchev–Trinajstić information content (AvgIpc) is 2.49. The highest BCUT2D eigenvalue weighted by Crippen LogP contribution is 2.27. The van der Waals surface area contributed by atoms with Crippen LogP contribution in [-0.2, 0) is 6.42 Å². The van der Waals surface area contributed by atoms with Gasteiger partial charge >= 0.3 is 0 Å². The lowest BCUT2D eigenvalue weighted by Crippen LogP contribution is -2.03. The minimum absolute atomic E-state index is 0.482. The summed E-state index contributed by atoms with van der Waals surface area (Å²) in [6.45, 7) is 0. The summed E-state index contributed by atoms with van der Waals surface area (Å²) in [7, 11) is 0. The monoisotopic (exact) mass is 283 g/mol. The average molecular weight is 284 g/mol. The highest BCUT2D eigenvalue weighted by molar-refractivity contribution is 6.31. The van der Waals surface area contributed by atoms with Crippen LogP contribution in [-0.4, -0.2) is 10.1 Å². The fourth-order valence-electron chi connectivity index (χ4n) is 2.38. The molecule has 3 heteroatoms. The number of para-hydroxylation sites is 1. The first kappa shape index (κ1) is 13.1. The predicted octanol–water partition coefficient (Wildman–Crippen LogP) is 4.16. The van der Waals surface area contributed by atoms with Crippen molar-refractivity contribution in [3.63, 3.8) is 0 Å². The lowest BCUT2D eigenvalue weighted by molar-refractivity contribution is 0.180. The van der Waals surface area contributed by atoms with Crippen molar-refractivity contribution in [2.45, 2.75) is 12.5 Å². The Kier molecular flexibility index (Phi) is 3.68. The third-order valence-corrected chi connectivity index (χ3v) is 3.76. The Morgan fingerprint density at radius 2 is 1.80 bits per heavy atom. The highest BCUT2D eigenvalue weighted by Gasteiger charge is 2.14. The zero-order valence-corrected chi connectivity index (χ0v) is 11.6. The molecule has 0 aliphatic carbocycles. The predicted molar refractivity (Wildman–Crippen MR) is 81.9 cm³/mol. The first-order chi connectivity index (χ1) is 9.75. The molecule has 0 saturated carbocycles. The Bertz CT molecular complexity index is 736. The molecule has 0 saturated heterocycles. The molecule has 0 aliphatic heterocycles. The van der Waals surface area contributed by atoms with E-state index in [2.05, 4.69) is 4.98 Å². The van der Waals surface area contributed by atoms with Crippen LogP contribution >= 0.6 is 11.6 Å². The van der Waals surface area contributed by atoms with Crippen LogP contribution < -0.4 is 0 Å². The molecule has 3 rings (SSSR count). The van der Waals surface area contributed by atoms with Gasteiger partial charge in [0.25, 0.3) is 0 Å². The van der Waals surface area contributed by atoms with Gasteiger partial charge in [-0.2, -0.15) is 0 Å². The van der Waals surface area contributed by atoms with Gasteiger partial charge < -0.3 is 5.11 Å². The molecular weight excluding hydrogens is 270 g/mol. The summed E-state index contributed by atoms with van der Waals surface area (Å²) in [5, 5.41) is 12.2. The molecule has 0 bridgehead atoms. The molecule has 1 atom stereocenters. The first-order valence-corrected chi connectivity index (χ1v) is 6.88. The van der Waals surface area contributed by atoms with Crippen LogP contribution in [0.15, 0.2) is 60.8 Å². The Labute approximate surface area is 122 Å². The third kappa shape index (κ3) is 2.53. The van der Waals surface area contributed by atoms with Gasteiger partial charge in [0.15, 0.2) is 0 Å². The van der Waals surface area contributed by atoms with E-state index in [-0.39, 0.29) is 0 Å². The van der Waals surface area contributed by atoms with Gasteiger partial charge in [-0.15, -0.1) is 0 Å². The van der Waals surface area contributed by atoms with Crippen LogP contribution in [0.25, 0.3) is 10.9 Å². The van der Waals surface area contributed by atoms with Gasteiger partial charge in [-0.3, -0.25) is 4.98 Å². The van der Waals surface area contributed by atoms with E-state index < -0.39 is 6.10 Å². The van der Waals surface area contributed by atoms with Crippen molar-refractivity contribution >= 4 is 22.5 Å². The Balaban J connectivity index is 1.97. The minimum Gasteiger partial charge on any atom is -0.388 e. The zero-order chi connectivity index (χ0) is 13.9. The molecule has 3 aromatic rings. The van der Waals surface area contributed by atoms with E-state index >= 15 is 0 Å². The van der Waals surface area contributed by atoms with E-state index in [1.54, 1.807) is 6.20 Å². The molecule has 0 aliphatic rings. The molecular formula is C17H14ClNO. The van der Waals surface area contributed by atoms with Gasteiger partial charge in [-0.1, -0.05) is 54.1 Å². The standard InChI is InChI=1S/C17H14ClNO/c18-15-9-2-1-5-13(15)11-16(20)14-8-3-6-12-7-4-10-19-17(12)14/h1-10,16,20H,11H2. The lowest BCUT2D eigenvalue weighted by Gasteiger charge is -2.14. The van der Waals surface area contributed by atoms with Crippen LogP contribution in [0, 0.1) is 0 Å². The van der Waals surface area contributed by atoms with Crippen molar-refractivity contribution in [2.24, 2.45) is 0 Å². The SMILES string of the molecule is OC(Cc1ccccc1Cl)c1cccc2cccnc12. The van der Waals surface area contributed by atoms with E-state index in [4.69, 9.17) is 11.6 Å². The molecule has 0 spiro atoms. The fraction of sp³-hybridized carbons (Fsp3) is 0.118. The van der Waals surface area contributed by atoms with Crippen LogP contribution in [0.1, 0.15) is 17.2 Å². The van der Waals surface area contributed by atoms with Crippen molar-refractivity contribution in [1.82, 2.24) is 4.98 Å². The topological polar surface area (TPSA) is 33.1 Å². The maximum Gasteiger partial charge on any atom is 0.0851 e.